The lowest BCUT2D eigenvalue weighted by atomic mass is 9.96. The van der Waals surface area contributed by atoms with Gasteiger partial charge < -0.3 is 114 Å². The van der Waals surface area contributed by atoms with E-state index in [-0.39, 0.29) is 133 Å². The Kier molecular flexibility index (Phi) is 36.1. The van der Waals surface area contributed by atoms with Crippen LogP contribution in [0.1, 0.15) is 128 Å². The van der Waals surface area contributed by atoms with Crippen molar-refractivity contribution in [1.82, 2.24) is 57.7 Å². The van der Waals surface area contributed by atoms with E-state index in [1.54, 1.807) is 82.4 Å². The highest BCUT2D eigenvalue weighted by molar-refractivity contribution is 5.99. The first-order valence-corrected chi connectivity index (χ1v) is 36.3. The zero-order valence-electron chi connectivity index (χ0n) is 61.5. The van der Waals surface area contributed by atoms with E-state index in [4.69, 9.17) is 51.6 Å². The van der Waals surface area contributed by atoms with E-state index in [9.17, 15) is 53.1 Å². The van der Waals surface area contributed by atoms with Gasteiger partial charge in [-0.1, -0.05) is 94.8 Å². The number of guanidine groups is 3. The Morgan fingerprint density at radius 2 is 1.05 bits per heavy atom. The number of amides is 11. The lowest BCUT2D eigenvalue weighted by Crippen LogP contribution is -2.61. The summed E-state index contributed by atoms with van der Waals surface area (Å²) in [6.45, 7) is 7.02. The van der Waals surface area contributed by atoms with Crippen molar-refractivity contribution in [3.05, 3.63) is 102 Å². The van der Waals surface area contributed by atoms with Gasteiger partial charge in [-0.3, -0.25) is 67.7 Å². The maximum Gasteiger partial charge on any atom is 0.245 e. The van der Waals surface area contributed by atoms with Gasteiger partial charge in [0, 0.05) is 56.1 Å². The largest absolute Gasteiger partial charge is 0.508 e. The predicted molar refractivity (Wildman–Crippen MR) is 406 cm³/mol. The third kappa shape index (κ3) is 29.8. The van der Waals surface area contributed by atoms with E-state index in [0.29, 0.717) is 48.9 Å². The molecule has 0 radical (unpaired) electrons. The van der Waals surface area contributed by atoms with Gasteiger partial charge >= 0.3 is 0 Å². The maximum absolute atomic E-state index is 15.0. The van der Waals surface area contributed by atoms with Crippen molar-refractivity contribution in [3.63, 3.8) is 0 Å². The summed E-state index contributed by atoms with van der Waals surface area (Å²) < 4.78 is 0. The lowest BCUT2D eigenvalue weighted by Gasteiger charge is -2.32. The number of phenolic OH excluding ortho intramolecular Hbond substituents is 1. The average molecular weight is 1490 g/mol. The number of fused-ring (bicyclic) bond motifs is 1. The van der Waals surface area contributed by atoms with E-state index in [0.717, 1.165) is 10.9 Å². The number of primary amides is 1. The van der Waals surface area contributed by atoms with Crippen LogP contribution in [0.5, 0.6) is 5.75 Å². The Hall–Kier alpha value is -11.1. The molecule has 35 nitrogen and oxygen atoms in total. The third-order valence-corrected chi connectivity index (χ3v) is 18.1. The topological polar surface area (TPSA) is 607 Å². The van der Waals surface area contributed by atoms with Crippen molar-refractivity contribution < 1.29 is 57.8 Å². The summed E-state index contributed by atoms with van der Waals surface area (Å²) in [5, 5.41) is 35.2. The molecule has 1 aliphatic rings. The number of unbranched alkanes of at least 4 members (excludes halogenated alkanes) is 1. The normalized spacial score (nSPS) is 15.4. The van der Waals surface area contributed by atoms with E-state index >= 15 is 4.79 Å². The second-order valence-corrected chi connectivity index (χ2v) is 27.2. The molecule has 11 amide bonds. The fraction of sp³-hybridized carbons (Fsp3) is 0.528. The number of nitrogens with two attached hydrogens (primary N) is 9. The van der Waals surface area contributed by atoms with Gasteiger partial charge in [-0.2, -0.15) is 0 Å². The minimum absolute atomic E-state index is 0.00558. The number of aromatic nitrogens is 1. The number of rotatable bonds is 46. The van der Waals surface area contributed by atoms with Gasteiger partial charge in [-0.05, 0) is 137 Å². The number of likely N-dealkylation sites (tertiary alicyclic amines) is 1. The molecule has 0 aliphatic carbocycles. The number of aliphatic imine (C=N–C) groups is 3. The zero-order valence-corrected chi connectivity index (χ0v) is 61.5. The molecule has 1 aliphatic heterocycles. The van der Waals surface area contributed by atoms with Crippen molar-refractivity contribution >= 4 is 93.8 Å². The molecule has 586 valence electrons. The van der Waals surface area contributed by atoms with Gasteiger partial charge in [0.05, 0.1) is 12.6 Å². The predicted octanol–water partition coefficient (Wildman–Crippen LogP) is -2.92. The number of aromatic hydroxyl groups is 1. The van der Waals surface area contributed by atoms with Crippen LogP contribution in [0.15, 0.2) is 100 Å². The van der Waals surface area contributed by atoms with Gasteiger partial charge in [0.15, 0.2) is 17.9 Å². The molecule has 5 rings (SSSR count). The van der Waals surface area contributed by atoms with E-state index in [2.05, 4.69) is 67.8 Å². The minimum atomic E-state index is -1.46. The zero-order chi connectivity index (χ0) is 78.7. The number of carbonyl (C=O) groups excluding carboxylic acids is 11. The highest BCUT2D eigenvalue weighted by Gasteiger charge is 2.41. The Balaban J connectivity index is 1.42. The molecule has 1 fully saturated rings. The van der Waals surface area contributed by atoms with Crippen LogP contribution in [0.4, 0.5) is 0 Å². The molecule has 2 heterocycles. The van der Waals surface area contributed by atoms with Crippen molar-refractivity contribution in [1.29, 1.82) is 0 Å². The molecule has 29 N–H and O–H groups in total. The number of hydrogen-bond donors (Lipinski definition) is 20. The number of benzene rings is 3. The molecule has 35 heteroatoms. The smallest absolute Gasteiger partial charge is 0.245 e. The van der Waals surface area contributed by atoms with E-state index < -0.39 is 138 Å². The first-order valence-electron chi connectivity index (χ1n) is 36.3. The number of H-pyrrole nitrogens is 1. The van der Waals surface area contributed by atoms with Crippen molar-refractivity contribution in [3.8, 4) is 5.75 Å². The average Bonchev–Trinajstić information content (AvgIpc) is 1.74. The first-order chi connectivity index (χ1) is 51.0. The van der Waals surface area contributed by atoms with Gasteiger partial charge in [0.25, 0.3) is 0 Å². The standard InChI is InChI=1S/C72H111N23O12/c1-5-42(4)59(68(106)91-53(24-15-33-84-72(80)81)69(107)95-34-16-25-57(95)67(105)88-50(60(75)98)21-11-12-30-73)94-63(101)52(23-14-32-83-71(78)79)89-62(100)51(22-13-31-82-70(76)77)90-64(102)54(35-41(2)3)92-65(103)55(37-43-17-7-6-8-18-43)93-66(104)56(38-45-39-85-49-20-10-9-19-47(45)49)87-58(97)40-86-61(99)48(74)36-44-26-28-46(96)29-27-44/h6-10,17-20,26-29,39,41-42,48,50-57,59,85,96H,5,11-16,21-25,30-38,40,73-74H2,1-4H3,(H2,75,98)(H,86,99)(H,87,97)(H,88,105)(H,89,100)(H,90,102)(H,91,106)(H,92,103)(H,93,104)(H,94,101)(H4,76,77,82)(H4,78,79,83)(H4,80,81,84)/t42-,48-,50-,51-,52-,53-,54-,55-,56-,57-,59-/m0/s1. The molecular formula is C72H111N23O12. The molecule has 1 saturated heterocycles. The summed E-state index contributed by atoms with van der Waals surface area (Å²) >= 11 is 0. The Labute approximate surface area is 622 Å². The van der Waals surface area contributed by atoms with Crippen LogP contribution in [-0.2, 0) is 72.0 Å². The van der Waals surface area contributed by atoms with Crippen molar-refractivity contribution in [2.45, 2.75) is 191 Å². The van der Waals surface area contributed by atoms with Crippen molar-refractivity contribution in [2.24, 2.45) is 78.4 Å². The van der Waals surface area contributed by atoms with Crippen LogP contribution >= 0.6 is 0 Å². The van der Waals surface area contributed by atoms with Gasteiger partial charge in [0.2, 0.25) is 65.0 Å². The van der Waals surface area contributed by atoms with Crippen LogP contribution in [0.3, 0.4) is 0 Å². The number of nitrogens with one attached hydrogen (secondary N) is 10. The van der Waals surface area contributed by atoms with Crippen LogP contribution < -0.4 is 99.5 Å². The van der Waals surface area contributed by atoms with Crippen LogP contribution in [0, 0.1) is 11.8 Å². The summed E-state index contributed by atoms with van der Waals surface area (Å²) in [4.78, 5) is 174. The maximum atomic E-state index is 15.0. The number of carbonyl (C=O) groups is 11. The SMILES string of the molecule is CC[C@H](C)[C@H](NC(=O)[C@H](CCCN=C(N)N)NC(=O)[C@H](CCCN=C(N)N)NC(=O)[C@H](CC(C)C)NC(=O)[C@H](Cc1ccccc1)NC(=O)[C@H](Cc1c[nH]c2ccccc12)NC(=O)CNC(=O)[C@@H](N)Cc1ccc(O)cc1)C(=O)N[C@@H](CCCN=C(N)N)C(=O)N1CCC[C@H]1C(=O)N[C@@H](CCCCN)C(N)=O. The Bertz CT molecular complexity index is 3690. The minimum Gasteiger partial charge on any atom is -0.508 e. The molecule has 0 spiro atoms. The molecule has 0 saturated carbocycles. The monoisotopic (exact) mass is 1490 g/mol. The Morgan fingerprint density at radius 1 is 0.542 bits per heavy atom. The third-order valence-electron chi connectivity index (χ3n) is 18.1. The second-order valence-electron chi connectivity index (χ2n) is 27.2. The quantitative estimate of drug-likeness (QED) is 0.0120. The highest BCUT2D eigenvalue weighted by Crippen LogP contribution is 2.23. The van der Waals surface area contributed by atoms with E-state index in [1.807, 2.05) is 18.2 Å². The summed E-state index contributed by atoms with van der Waals surface area (Å²) in [6.07, 6.45) is 3.93. The summed E-state index contributed by atoms with van der Waals surface area (Å²) in [7, 11) is 0. The van der Waals surface area contributed by atoms with Crippen LogP contribution in [0.2, 0.25) is 0 Å². The van der Waals surface area contributed by atoms with Gasteiger partial charge in [-0.25, -0.2) is 0 Å². The summed E-state index contributed by atoms with van der Waals surface area (Å²) in [6, 6.07) is 9.26. The van der Waals surface area contributed by atoms with Crippen LogP contribution in [-0.4, -0.2) is 198 Å². The number of aromatic amines is 1. The van der Waals surface area contributed by atoms with Crippen LogP contribution in [0.25, 0.3) is 10.9 Å². The molecule has 0 bridgehead atoms. The molecule has 11 atom stereocenters. The number of para-hydroxylation sites is 1. The summed E-state index contributed by atoms with van der Waals surface area (Å²) in [5.74, 6) is -10.00. The van der Waals surface area contributed by atoms with E-state index in [1.165, 1.54) is 17.0 Å². The Morgan fingerprint density at radius 3 is 1.62 bits per heavy atom. The molecular weight excluding hydrogens is 1380 g/mol. The van der Waals surface area contributed by atoms with Crippen molar-refractivity contribution in [2.75, 3.05) is 39.3 Å². The second kappa shape index (κ2) is 44.6. The first kappa shape index (κ1) is 86.5. The molecule has 4 aromatic rings. The van der Waals surface area contributed by atoms with Gasteiger partial charge in [0.1, 0.15) is 60.1 Å². The summed E-state index contributed by atoms with van der Waals surface area (Å²) in [5.41, 5.74) is 54.0. The molecule has 1 aromatic heterocycles. The lowest BCUT2D eigenvalue weighted by molar-refractivity contribution is -0.142. The van der Waals surface area contributed by atoms with Gasteiger partial charge in [-0.15, -0.1) is 0 Å². The molecule has 0 unspecified atom stereocenters. The molecule has 3 aromatic carbocycles. The number of nitrogens with zero attached hydrogens (tertiary/aromatic N) is 4. The molecule has 107 heavy (non-hydrogen) atoms. The fourth-order valence-corrected chi connectivity index (χ4v) is 12.2. The highest BCUT2D eigenvalue weighted by atomic mass is 16.3. The number of hydrogen-bond acceptors (Lipinski definition) is 17. The fourth-order valence-electron chi connectivity index (χ4n) is 12.2. The number of phenols is 1.